The monoisotopic (exact) mass is 278 g/mol. The molecule has 5 heteroatoms. The third-order valence-electron chi connectivity index (χ3n) is 4.89. The number of halogens is 1. The van der Waals surface area contributed by atoms with E-state index in [1.807, 2.05) is 12.1 Å². The van der Waals surface area contributed by atoms with Crippen molar-refractivity contribution < 1.29 is 10.2 Å². The lowest BCUT2D eigenvalue weighted by Crippen LogP contribution is -2.25. The normalized spacial score (nSPS) is 36.7. The quantitative estimate of drug-likeness (QED) is 0.787. The molecule has 0 spiro atoms. The van der Waals surface area contributed by atoms with Crippen molar-refractivity contribution in [2.24, 2.45) is 17.8 Å². The second-order valence-corrected chi connectivity index (χ2v) is 6.33. The van der Waals surface area contributed by atoms with E-state index < -0.39 is 5.60 Å². The third kappa shape index (κ3) is 1.57. The predicted molar refractivity (Wildman–Crippen MR) is 71.8 cm³/mol. The summed E-state index contributed by atoms with van der Waals surface area (Å²) in [5, 5.41) is 28.6. The van der Waals surface area contributed by atoms with Gasteiger partial charge < -0.3 is 10.2 Å². The molecule has 0 saturated heterocycles. The van der Waals surface area contributed by atoms with E-state index in [1.54, 1.807) is 6.20 Å². The highest BCUT2D eigenvalue weighted by Crippen LogP contribution is 2.63. The number of rotatable bonds is 2. The van der Waals surface area contributed by atoms with Gasteiger partial charge in [0, 0.05) is 17.0 Å². The Bertz CT molecular complexity index is 642. The number of hydrogen-bond donors (Lipinski definition) is 3. The minimum absolute atomic E-state index is 0.238. The van der Waals surface area contributed by atoms with Crippen LogP contribution in [0, 0.1) is 17.8 Å². The fourth-order valence-corrected chi connectivity index (χ4v) is 4.10. The molecule has 2 aliphatic rings. The molecule has 0 aliphatic heterocycles. The van der Waals surface area contributed by atoms with Crippen LogP contribution >= 0.6 is 11.6 Å². The van der Waals surface area contributed by atoms with Gasteiger partial charge in [0.2, 0.25) is 0 Å². The smallest absolute Gasteiger partial charge is 0.0909 e. The number of aromatic amines is 1. The van der Waals surface area contributed by atoms with E-state index in [1.165, 1.54) is 0 Å². The Kier molecular flexibility index (Phi) is 2.29. The predicted octanol–water partition coefficient (Wildman–Crippen LogP) is 2.05. The van der Waals surface area contributed by atoms with Gasteiger partial charge >= 0.3 is 0 Å². The van der Waals surface area contributed by atoms with E-state index in [0.717, 1.165) is 16.5 Å². The van der Waals surface area contributed by atoms with Crippen molar-refractivity contribution >= 4 is 22.5 Å². The number of aliphatic hydroxyl groups is 2. The first-order valence-electron chi connectivity index (χ1n) is 6.59. The molecule has 0 amide bonds. The zero-order chi connectivity index (χ0) is 13.2. The first-order valence-corrected chi connectivity index (χ1v) is 6.96. The number of aromatic nitrogens is 2. The lowest BCUT2D eigenvalue weighted by atomic mass is 9.85. The minimum Gasteiger partial charge on any atom is -0.396 e. The van der Waals surface area contributed by atoms with Gasteiger partial charge in [0.1, 0.15) is 0 Å². The van der Waals surface area contributed by atoms with Crippen LogP contribution in [-0.4, -0.2) is 27.0 Å². The Morgan fingerprint density at radius 1 is 1.37 bits per heavy atom. The highest BCUT2D eigenvalue weighted by molar-refractivity contribution is 6.31. The molecule has 3 N–H and O–H groups in total. The maximum Gasteiger partial charge on any atom is 0.0909 e. The second kappa shape index (κ2) is 3.72. The third-order valence-corrected chi connectivity index (χ3v) is 5.11. The standard InChI is InChI=1S/C14H15ClN2O2/c15-7-1-12(10-5-16-17-13(10)2-7)14(19)3-8-9(4-14)11(8)6-18/h1-2,5,8-9,11,18-19H,3-4,6H2,(H,16,17)/t8-,9+,11?,14+. The molecule has 1 aromatic carbocycles. The summed E-state index contributed by atoms with van der Waals surface area (Å²) in [5.41, 5.74) is 0.899. The van der Waals surface area contributed by atoms with Crippen LogP contribution in [0.5, 0.6) is 0 Å². The number of benzene rings is 1. The Hall–Kier alpha value is -1.10. The maximum atomic E-state index is 10.9. The summed E-state index contributed by atoms with van der Waals surface area (Å²) in [5.74, 6) is 1.30. The van der Waals surface area contributed by atoms with Crippen LogP contribution in [0.25, 0.3) is 10.9 Å². The van der Waals surface area contributed by atoms with Gasteiger partial charge in [0.05, 0.1) is 17.3 Å². The van der Waals surface area contributed by atoms with Crippen LogP contribution < -0.4 is 0 Å². The highest BCUT2D eigenvalue weighted by Gasteiger charge is 2.61. The van der Waals surface area contributed by atoms with Crippen LogP contribution in [-0.2, 0) is 5.60 Å². The van der Waals surface area contributed by atoms with Crippen LogP contribution in [0.4, 0.5) is 0 Å². The van der Waals surface area contributed by atoms with Gasteiger partial charge in [-0.1, -0.05) is 11.6 Å². The van der Waals surface area contributed by atoms with Gasteiger partial charge in [-0.15, -0.1) is 0 Å². The summed E-state index contributed by atoms with van der Waals surface area (Å²) in [7, 11) is 0. The molecule has 100 valence electrons. The van der Waals surface area contributed by atoms with Crippen molar-refractivity contribution in [2.75, 3.05) is 6.61 Å². The Balaban J connectivity index is 1.77. The van der Waals surface area contributed by atoms with E-state index >= 15 is 0 Å². The summed E-state index contributed by atoms with van der Waals surface area (Å²) in [6.45, 7) is 0.238. The van der Waals surface area contributed by atoms with Crippen LogP contribution in [0.1, 0.15) is 18.4 Å². The maximum absolute atomic E-state index is 10.9. The Morgan fingerprint density at radius 3 is 2.79 bits per heavy atom. The molecule has 2 saturated carbocycles. The zero-order valence-electron chi connectivity index (χ0n) is 10.3. The molecule has 2 fully saturated rings. The SMILES string of the molecule is OCC1[C@H]2C[C@](O)(c3cc(Cl)cc4[nH]ncc34)C[C@@H]12. The average Bonchev–Trinajstić information content (AvgIpc) is 2.78. The molecule has 4 atom stereocenters. The van der Waals surface area contributed by atoms with E-state index in [0.29, 0.717) is 35.6 Å². The van der Waals surface area contributed by atoms with Crippen LogP contribution in [0.2, 0.25) is 5.02 Å². The minimum atomic E-state index is -0.825. The van der Waals surface area contributed by atoms with Crippen molar-refractivity contribution in [3.05, 3.63) is 28.9 Å². The van der Waals surface area contributed by atoms with Gasteiger partial charge in [-0.3, -0.25) is 5.10 Å². The van der Waals surface area contributed by atoms with E-state index in [4.69, 9.17) is 11.6 Å². The molecule has 4 rings (SSSR count). The van der Waals surface area contributed by atoms with Crippen LogP contribution in [0.3, 0.4) is 0 Å². The van der Waals surface area contributed by atoms with Crippen molar-refractivity contribution in [1.82, 2.24) is 10.2 Å². The van der Waals surface area contributed by atoms with Gasteiger partial charge in [-0.05, 0) is 48.3 Å². The van der Waals surface area contributed by atoms with E-state index in [9.17, 15) is 10.2 Å². The molecule has 1 unspecified atom stereocenters. The van der Waals surface area contributed by atoms with Gasteiger partial charge in [0.15, 0.2) is 0 Å². The number of fused-ring (bicyclic) bond motifs is 2. The van der Waals surface area contributed by atoms with Crippen molar-refractivity contribution in [3.63, 3.8) is 0 Å². The molecule has 4 nitrogen and oxygen atoms in total. The number of nitrogens with one attached hydrogen (secondary N) is 1. The molecule has 0 radical (unpaired) electrons. The fourth-order valence-electron chi connectivity index (χ4n) is 3.88. The Morgan fingerprint density at radius 2 is 2.11 bits per heavy atom. The zero-order valence-corrected chi connectivity index (χ0v) is 11.1. The molecule has 19 heavy (non-hydrogen) atoms. The molecular weight excluding hydrogens is 264 g/mol. The molecular formula is C14H15ClN2O2. The van der Waals surface area contributed by atoms with Gasteiger partial charge in [0.25, 0.3) is 0 Å². The largest absolute Gasteiger partial charge is 0.396 e. The molecule has 1 heterocycles. The van der Waals surface area contributed by atoms with Crippen molar-refractivity contribution in [3.8, 4) is 0 Å². The van der Waals surface area contributed by atoms with Crippen LogP contribution in [0.15, 0.2) is 18.3 Å². The first kappa shape index (κ1) is 11.7. The fraction of sp³-hybridized carbons (Fsp3) is 0.500. The number of hydrogen-bond acceptors (Lipinski definition) is 3. The van der Waals surface area contributed by atoms with E-state index in [2.05, 4.69) is 10.2 Å². The Labute approximate surface area is 115 Å². The summed E-state index contributed by atoms with van der Waals surface area (Å²) in [6, 6.07) is 3.67. The lowest BCUT2D eigenvalue weighted by Gasteiger charge is -2.27. The summed E-state index contributed by atoms with van der Waals surface area (Å²) < 4.78 is 0. The average molecular weight is 279 g/mol. The van der Waals surface area contributed by atoms with Gasteiger partial charge in [-0.2, -0.15) is 5.10 Å². The summed E-state index contributed by atoms with van der Waals surface area (Å²) >= 11 is 6.13. The summed E-state index contributed by atoms with van der Waals surface area (Å²) in [4.78, 5) is 0. The molecule has 1 aromatic heterocycles. The highest BCUT2D eigenvalue weighted by atomic mass is 35.5. The van der Waals surface area contributed by atoms with Crippen molar-refractivity contribution in [1.29, 1.82) is 0 Å². The van der Waals surface area contributed by atoms with E-state index in [-0.39, 0.29) is 6.61 Å². The topological polar surface area (TPSA) is 69.1 Å². The van der Waals surface area contributed by atoms with Gasteiger partial charge in [-0.25, -0.2) is 0 Å². The molecule has 2 aliphatic carbocycles. The number of aliphatic hydroxyl groups excluding tert-OH is 1. The molecule has 0 bridgehead atoms. The van der Waals surface area contributed by atoms with Crippen molar-refractivity contribution in [2.45, 2.75) is 18.4 Å². The molecule has 2 aromatic rings. The lowest BCUT2D eigenvalue weighted by molar-refractivity contribution is 0.0242. The summed E-state index contributed by atoms with van der Waals surface area (Å²) in [6.07, 6.45) is 3.17. The number of nitrogens with zero attached hydrogens (tertiary/aromatic N) is 1. The second-order valence-electron chi connectivity index (χ2n) is 5.90. The first-order chi connectivity index (χ1) is 9.12. The number of H-pyrrole nitrogens is 1.